The van der Waals surface area contributed by atoms with Gasteiger partial charge in [-0.25, -0.2) is 4.98 Å². The summed E-state index contributed by atoms with van der Waals surface area (Å²) in [5, 5.41) is 5.51. The van der Waals surface area contributed by atoms with Crippen molar-refractivity contribution in [2.24, 2.45) is 0 Å². The molecule has 3 rings (SSSR count). The van der Waals surface area contributed by atoms with E-state index in [1.807, 2.05) is 12.1 Å². The van der Waals surface area contributed by atoms with E-state index in [9.17, 15) is 14.4 Å². The standard InChI is InChI=1S/C24H30N4O5/c1-32-19-9-7-18(8-10-19)16-28(17-23(30)26-15-20-5-4-14-33-20)24(31)12-11-22(29)27-21-6-2-3-13-25-21/h2-3,6-10,13,20H,4-5,11-12,14-17H2,1H3,(H,26,30)(H,25,27,29)/t20-/m1/s1. The molecule has 0 bridgehead atoms. The smallest absolute Gasteiger partial charge is 0.239 e. The lowest BCUT2D eigenvalue weighted by Gasteiger charge is -2.23. The van der Waals surface area contributed by atoms with E-state index in [4.69, 9.17) is 9.47 Å². The zero-order valence-corrected chi connectivity index (χ0v) is 18.8. The number of ether oxygens (including phenoxy) is 2. The van der Waals surface area contributed by atoms with Gasteiger partial charge in [-0.2, -0.15) is 0 Å². The number of carbonyl (C=O) groups excluding carboxylic acids is 3. The maximum atomic E-state index is 12.9. The van der Waals surface area contributed by atoms with E-state index >= 15 is 0 Å². The van der Waals surface area contributed by atoms with Gasteiger partial charge in [-0.1, -0.05) is 18.2 Å². The minimum atomic E-state index is -0.311. The monoisotopic (exact) mass is 454 g/mol. The number of hydrogen-bond acceptors (Lipinski definition) is 6. The number of nitrogens with zero attached hydrogens (tertiary/aromatic N) is 2. The van der Waals surface area contributed by atoms with Crippen LogP contribution in [0.1, 0.15) is 31.2 Å². The third-order valence-corrected chi connectivity index (χ3v) is 5.27. The second kappa shape index (κ2) is 12.5. The number of nitrogens with one attached hydrogen (secondary N) is 2. The van der Waals surface area contributed by atoms with Gasteiger partial charge in [0.1, 0.15) is 11.6 Å². The molecule has 0 spiro atoms. The van der Waals surface area contributed by atoms with Crippen molar-refractivity contribution in [2.45, 2.75) is 38.3 Å². The van der Waals surface area contributed by atoms with Gasteiger partial charge in [-0.15, -0.1) is 0 Å². The van der Waals surface area contributed by atoms with Gasteiger partial charge in [-0.05, 0) is 42.7 Å². The highest BCUT2D eigenvalue weighted by Crippen LogP contribution is 2.14. The highest BCUT2D eigenvalue weighted by atomic mass is 16.5. The van der Waals surface area contributed by atoms with Crippen molar-refractivity contribution < 1.29 is 23.9 Å². The largest absolute Gasteiger partial charge is 0.497 e. The van der Waals surface area contributed by atoms with E-state index in [2.05, 4.69) is 15.6 Å². The fourth-order valence-electron chi connectivity index (χ4n) is 3.47. The second-order valence-corrected chi connectivity index (χ2v) is 7.80. The summed E-state index contributed by atoms with van der Waals surface area (Å²) in [6.07, 6.45) is 3.48. The number of amides is 3. The van der Waals surface area contributed by atoms with Crippen LogP contribution in [0.2, 0.25) is 0 Å². The van der Waals surface area contributed by atoms with Crippen LogP contribution in [0.3, 0.4) is 0 Å². The molecule has 2 aromatic rings. The Balaban J connectivity index is 1.56. The molecule has 9 nitrogen and oxygen atoms in total. The Bertz CT molecular complexity index is 914. The second-order valence-electron chi connectivity index (χ2n) is 7.80. The molecule has 0 unspecified atom stereocenters. The van der Waals surface area contributed by atoms with Gasteiger partial charge >= 0.3 is 0 Å². The zero-order chi connectivity index (χ0) is 23.5. The third kappa shape index (κ3) is 8.19. The Kier molecular flexibility index (Phi) is 9.19. The van der Waals surface area contributed by atoms with Crippen LogP contribution >= 0.6 is 0 Å². The lowest BCUT2D eigenvalue weighted by atomic mass is 10.1. The summed E-state index contributed by atoms with van der Waals surface area (Å²) >= 11 is 0. The van der Waals surface area contributed by atoms with Gasteiger partial charge in [0.15, 0.2) is 0 Å². The molecule has 1 fully saturated rings. The number of anilines is 1. The molecule has 1 atom stereocenters. The van der Waals surface area contributed by atoms with E-state index in [1.165, 1.54) is 4.90 Å². The Labute approximate surface area is 193 Å². The Morgan fingerprint density at radius 1 is 1.12 bits per heavy atom. The Morgan fingerprint density at radius 3 is 2.61 bits per heavy atom. The molecule has 1 aliphatic rings. The number of carbonyl (C=O) groups is 3. The summed E-state index contributed by atoms with van der Waals surface area (Å²) in [4.78, 5) is 43.2. The van der Waals surface area contributed by atoms with Crippen molar-refractivity contribution >= 4 is 23.5 Å². The van der Waals surface area contributed by atoms with Crippen molar-refractivity contribution in [3.63, 3.8) is 0 Å². The SMILES string of the molecule is COc1ccc(CN(CC(=O)NC[C@H]2CCCO2)C(=O)CCC(=O)Nc2ccccn2)cc1. The highest BCUT2D eigenvalue weighted by Gasteiger charge is 2.21. The van der Waals surface area contributed by atoms with Crippen LogP contribution in [-0.4, -0.2) is 60.5 Å². The minimum Gasteiger partial charge on any atom is -0.497 e. The highest BCUT2D eigenvalue weighted by molar-refractivity contribution is 5.93. The maximum Gasteiger partial charge on any atom is 0.239 e. The van der Waals surface area contributed by atoms with Gasteiger partial charge in [0.2, 0.25) is 17.7 Å². The third-order valence-electron chi connectivity index (χ3n) is 5.27. The number of benzene rings is 1. The molecule has 1 aliphatic heterocycles. The summed E-state index contributed by atoms with van der Waals surface area (Å²) in [7, 11) is 1.58. The summed E-state index contributed by atoms with van der Waals surface area (Å²) in [5.74, 6) is 0.282. The van der Waals surface area contributed by atoms with Crippen LogP contribution in [-0.2, 0) is 25.7 Å². The first-order valence-electron chi connectivity index (χ1n) is 11.0. The van der Waals surface area contributed by atoms with E-state index in [0.717, 1.165) is 18.4 Å². The van der Waals surface area contributed by atoms with Gasteiger partial charge < -0.3 is 25.0 Å². The molecular formula is C24H30N4O5. The fourth-order valence-corrected chi connectivity index (χ4v) is 3.47. The predicted molar refractivity (Wildman–Crippen MR) is 122 cm³/mol. The van der Waals surface area contributed by atoms with Crippen molar-refractivity contribution in [3.05, 3.63) is 54.2 Å². The maximum absolute atomic E-state index is 12.9. The topological polar surface area (TPSA) is 110 Å². The van der Waals surface area contributed by atoms with Crippen molar-refractivity contribution in [1.82, 2.24) is 15.2 Å². The molecule has 0 aliphatic carbocycles. The molecular weight excluding hydrogens is 424 g/mol. The number of hydrogen-bond donors (Lipinski definition) is 2. The number of aromatic nitrogens is 1. The van der Waals surface area contributed by atoms with E-state index < -0.39 is 0 Å². The first kappa shape index (κ1) is 24.2. The van der Waals surface area contributed by atoms with Gasteiger partial charge in [0, 0.05) is 38.7 Å². The zero-order valence-electron chi connectivity index (χ0n) is 18.8. The van der Waals surface area contributed by atoms with Crippen LogP contribution in [0.4, 0.5) is 5.82 Å². The summed E-state index contributed by atoms with van der Waals surface area (Å²) in [5.41, 5.74) is 0.856. The summed E-state index contributed by atoms with van der Waals surface area (Å²) in [6.45, 7) is 1.29. The quantitative estimate of drug-likeness (QED) is 0.538. The van der Waals surface area contributed by atoms with Crippen LogP contribution in [0.15, 0.2) is 48.7 Å². The molecule has 2 heterocycles. The van der Waals surface area contributed by atoms with E-state index in [-0.39, 0.29) is 49.8 Å². The molecule has 1 saturated heterocycles. The van der Waals surface area contributed by atoms with Crippen molar-refractivity contribution in [3.8, 4) is 5.75 Å². The normalized spacial score (nSPS) is 15.0. The first-order valence-corrected chi connectivity index (χ1v) is 11.0. The molecule has 0 radical (unpaired) electrons. The average molecular weight is 455 g/mol. The molecule has 1 aromatic carbocycles. The predicted octanol–water partition coefficient (Wildman–Crippen LogP) is 2.13. The van der Waals surface area contributed by atoms with Crippen molar-refractivity contribution in [2.75, 3.05) is 32.1 Å². The number of rotatable bonds is 11. The lowest BCUT2D eigenvalue weighted by Crippen LogP contribution is -2.42. The summed E-state index contributed by atoms with van der Waals surface area (Å²) < 4.78 is 10.7. The van der Waals surface area contributed by atoms with Gasteiger partial charge in [0.05, 0.1) is 19.8 Å². The Hall–Kier alpha value is -3.46. The van der Waals surface area contributed by atoms with Crippen LogP contribution in [0.5, 0.6) is 5.75 Å². The van der Waals surface area contributed by atoms with Crippen LogP contribution in [0.25, 0.3) is 0 Å². The van der Waals surface area contributed by atoms with Crippen molar-refractivity contribution in [1.29, 1.82) is 0 Å². The Morgan fingerprint density at radius 2 is 1.94 bits per heavy atom. The molecule has 2 N–H and O–H groups in total. The lowest BCUT2D eigenvalue weighted by molar-refractivity contribution is -0.137. The molecule has 3 amide bonds. The fraction of sp³-hybridized carbons (Fsp3) is 0.417. The van der Waals surface area contributed by atoms with Crippen LogP contribution in [0, 0.1) is 0 Å². The molecule has 176 valence electrons. The van der Waals surface area contributed by atoms with Crippen LogP contribution < -0.4 is 15.4 Å². The van der Waals surface area contributed by atoms with Gasteiger partial charge in [0.25, 0.3) is 0 Å². The molecule has 33 heavy (non-hydrogen) atoms. The minimum absolute atomic E-state index is 0.00788. The molecule has 9 heteroatoms. The summed E-state index contributed by atoms with van der Waals surface area (Å²) in [6, 6.07) is 12.5. The number of pyridine rings is 1. The van der Waals surface area contributed by atoms with E-state index in [0.29, 0.717) is 24.7 Å². The average Bonchev–Trinajstić information content (AvgIpc) is 3.36. The first-order chi connectivity index (χ1) is 16.0. The number of methoxy groups -OCH3 is 1. The van der Waals surface area contributed by atoms with E-state index in [1.54, 1.807) is 43.6 Å². The molecule has 1 aromatic heterocycles. The van der Waals surface area contributed by atoms with Gasteiger partial charge in [-0.3, -0.25) is 14.4 Å². The molecule has 0 saturated carbocycles.